The highest BCUT2D eigenvalue weighted by atomic mass is 28.4. The van der Waals surface area contributed by atoms with E-state index in [1.54, 1.807) is 0 Å². The van der Waals surface area contributed by atoms with Gasteiger partial charge in [-0.1, -0.05) is 18.2 Å². The molecule has 0 atom stereocenters. The van der Waals surface area contributed by atoms with Gasteiger partial charge in [0.15, 0.2) is 6.23 Å². The van der Waals surface area contributed by atoms with Crippen LogP contribution in [0.1, 0.15) is 27.7 Å². The van der Waals surface area contributed by atoms with Gasteiger partial charge in [0.2, 0.25) is 0 Å². The molecule has 1 aromatic rings. The summed E-state index contributed by atoms with van der Waals surface area (Å²) in [4.78, 5) is 0. The fraction of sp³-hybridized carbons (Fsp3) is 0.571. The smallest absolute Gasteiger partial charge is 0.489 e. The molecule has 0 saturated carbocycles. The van der Waals surface area contributed by atoms with Gasteiger partial charge in [0.1, 0.15) is 5.75 Å². The summed E-state index contributed by atoms with van der Waals surface area (Å²) in [6, 6.07) is 9.64. The Morgan fingerprint density at radius 1 is 1.00 bits per heavy atom. The fourth-order valence-corrected chi connectivity index (χ4v) is 4.11. The van der Waals surface area contributed by atoms with Gasteiger partial charge in [-0.3, -0.25) is 0 Å². The van der Waals surface area contributed by atoms with Crippen molar-refractivity contribution in [3.8, 4) is 5.75 Å². The quantitative estimate of drug-likeness (QED) is 0.653. The van der Waals surface area contributed by atoms with E-state index in [1.165, 1.54) is 0 Å². The average molecular weight is 284 g/mol. The summed E-state index contributed by atoms with van der Waals surface area (Å²) in [7, 11) is -2.76. The van der Waals surface area contributed by atoms with E-state index in [-0.39, 0.29) is 6.10 Å². The number of benzene rings is 1. The van der Waals surface area contributed by atoms with Crippen LogP contribution in [-0.4, -0.2) is 34.4 Å². The van der Waals surface area contributed by atoms with Crippen LogP contribution in [0.3, 0.4) is 0 Å². The van der Waals surface area contributed by atoms with E-state index in [0.717, 1.165) is 5.75 Å². The van der Waals surface area contributed by atoms with Crippen molar-refractivity contribution < 1.29 is 18.0 Å². The third kappa shape index (κ3) is 5.73. The van der Waals surface area contributed by atoms with Gasteiger partial charge in [-0.05, 0) is 39.8 Å². The number of para-hydroxylation sites is 1. The van der Waals surface area contributed by atoms with Gasteiger partial charge in [0.05, 0.1) is 0 Å². The van der Waals surface area contributed by atoms with Gasteiger partial charge < -0.3 is 18.0 Å². The van der Waals surface area contributed by atoms with Gasteiger partial charge in [0.25, 0.3) is 0 Å². The summed E-state index contributed by atoms with van der Waals surface area (Å²) in [6.07, 6.45) is 0.376. The molecule has 0 heterocycles. The summed E-state index contributed by atoms with van der Waals surface area (Å²) in [5.74, 6) is 0.797. The van der Waals surface area contributed by atoms with Gasteiger partial charge in [-0.15, -0.1) is 0 Å². The maximum atomic E-state index is 5.91. The third-order valence-corrected chi connectivity index (χ3v) is 5.09. The normalized spacial score (nSPS) is 11.8. The highest BCUT2D eigenvalue weighted by molar-refractivity contribution is 6.60. The first kappa shape index (κ1) is 16.2. The SMILES string of the molecule is CCO[Si](COc1ccccc1)(OCC)OC(C)C. The van der Waals surface area contributed by atoms with Crippen molar-refractivity contribution in [2.24, 2.45) is 0 Å². The molecule has 0 aromatic heterocycles. The van der Waals surface area contributed by atoms with E-state index in [9.17, 15) is 0 Å². The molecule has 0 saturated heterocycles. The molecule has 0 unspecified atom stereocenters. The molecule has 0 spiro atoms. The average Bonchev–Trinajstić information content (AvgIpc) is 2.37. The van der Waals surface area contributed by atoms with Crippen molar-refractivity contribution in [3.05, 3.63) is 30.3 Å². The number of rotatable bonds is 9. The molecular formula is C14H24O4Si. The number of hydrogen-bond acceptors (Lipinski definition) is 4. The maximum absolute atomic E-state index is 5.91. The van der Waals surface area contributed by atoms with Gasteiger partial charge in [0, 0.05) is 19.3 Å². The summed E-state index contributed by atoms with van der Waals surface area (Å²) in [6.45, 7) is 8.93. The molecule has 5 heteroatoms. The lowest BCUT2D eigenvalue weighted by Gasteiger charge is -2.30. The first-order valence-electron chi connectivity index (χ1n) is 6.75. The van der Waals surface area contributed by atoms with E-state index < -0.39 is 8.80 Å². The van der Waals surface area contributed by atoms with Crippen LogP contribution in [0.15, 0.2) is 30.3 Å². The van der Waals surface area contributed by atoms with Crippen LogP contribution in [0, 0.1) is 0 Å². The lowest BCUT2D eigenvalue weighted by Crippen LogP contribution is -2.53. The highest BCUT2D eigenvalue weighted by Crippen LogP contribution is 2.16. The molecule has 0 fully saturated rings. The van der Waals surface area contributed by atoms with Crippen molar-refractivity contribution in [2.45, 2.75) is 33.8 Å². The predicted molar refractivity (Wildman–Crippen MR) is 77.2 cm³/mol. The Balaban J connectivity index is 2.71. The number of ether oxygens (including phenoxy) is 1. The Kier molecular flexibility index (Phi) is 7.08. The second kappa shape index (κ2) is 8.32. The minimum absolute atomic E-state index is 0.0455. The molecule has 0 aliphatic heterocycles. The molecule has 1 rings (SSSR count). The predicted octanol–water partition coefficient (Wildman–Crippen LogP) is 3.04. The zero-order valence-corrected chi connectivity index (χ0v) is 13.2. The largest absolute Gasteiger partial charge is 0.540 e. The van der Waals surface area contributed by atoms with Crippen LogP contribution < -0.4 is 4.74 Å². The van der Waals surface area contributed by atoms with Gasteiger partial charge in [-0.2, -0.15) is 0 Å². The Morgan fingerprint density at radius 2 is 1.58 bits per heavy atom. The molecule has 0 bridgehead atoms. The van der Waals surface area contributed by atoms with E-state index in [1.807, 2.05) is 58.0 Å². The molecule has 0 aliphatic rings. The first-order valence-corrected chi connectivity index (χ1v) is 8.68. The zero-order chi connectivity index (χ0) is 14.1. The number of hydrogen-bond donors (Lipinski definition) is 0. The van der Waals surface area contributed by atoms with Crippen molar-refractivity contribution in [1.82, 2.24) is 0 Å². The van der Waals surface area contributed by atoms with Gasteiger partial charge in [-0.25, -0.2) is 0 Å². The van der Waals surface area contributed by atoms with E-state index >= 15 is 0 Å². The minimum Gasteiger partial charge on any atom is -0.489 e. The topological polar surface area (TPSA) is 36.9 Å². The zero-order valence-electron chi connectivity index (χ0n) is 12.2. The maximum Gasteiger partial charge on any atom is 0.540 e. The second-order valence-corrected chi connectivity index (χ2v) is 6.79. The van der Waals surface area contributed by atoms with Gasteiger partial charge >= 0.3 is 8.80 Å². The summed E-state index contributed by atoms with van der Waals surface area (Å²) in [5.41, 5.74) is 0. The van der Waals surface area contributed by atoms with E-state index in [2.05, 4.69) is 0 Å². The third-order valence-electron chi connectivity index (χ3n) is 2.30. The van der Waals surface area contributed by atoms with Crippen molar-refractivity contribution in [1.29, 1.82) is 0 Å². The van der Waals surface area contributed by atoms with Crippen molar-refractivity contribution in [3.63, 3.8) is 0 Å². The second-order valence-electron chi connectivity index (χ2n) is 4.32. The van der Waals surface area contributed by atoms with E-state index in [4.69, 9.17) is 18.0 Å². The van der Waals surface area contributed by atoms with Crippen LogP contribution in [0.2, 0.25) is 0 Å². The van der Waals surface area contributed by atoms with Crippen LogP contribution in [0.5, 0.6) is 5.75 Å². The summed E-state index contributed by atoms with van der Waals surface area (Å²) < 4.78 is 23.2. The van der Waals surface area contributed by atoms with Crippen LogP contribution in [-0.2, 0) is 13.3 Å². The molecular weight excluding hydrogens is 260 g/mol. The van der Waals surface area contributed by atoms with Crippen LogP contribution >= 0.6 is 0 Å². The first-order chi connectivity index (χ1) is 9.12. The molecule has 108 valence electrons. The molecule has 0 amide bonds. The van der Waals surface area contributed by atoms with Crippen LogP contribution in [0.4, 0.5) is 0 Å². The highest BCUT2D eigenvalue weighted by Gasteiger charge is 2.43. The molecule has 1 aromatic carbocycles. The molecule has 4 nitrogen and oxygen atoms in total. The summed E-state index contributed by atoms with van der Waals surface area (Å²) in [5, 5.41) is 0. The lowest BCUT2D eigenvalue weighted by molar-refractivity contribution is 0.0297. The fourth-order valence-electron chi connectivity index (χ4n) is 1.71. The Hall–Kier alpha value is -0.883. The Morgan fingerprint density at radius 3 is 2.05 bits per heavy atom. The Bertz CT molecular complexity index is 337. The molecule has 0 N–H and O–H groups in total. The van der Waals surface area contributed by atoms with Crippen molar-refractivity contribution >= 4 is 8.80 Å². The molecule has 0 radical (unpaired) electrons. The van der Waals surface area contributed by atoms with E-state index in [0.29, 0.717) is 19.4 Å². The standard InChI is InChI=1S/C14H24O4Si/c1-5-16-19(17-6-2,18-13(3)4)12-15-14-10-8-7-9-11-14/h7-11,13H,5-6,12H2,1-4H3. The minimum atomic E-state index is -2.76. The van der Waals surface area contributed by atoms with Crippen LogP contribution in [0.25, 0.3) is 0 Å². The molecule has 19 heavy (non-hydrogen) atoms. The monoisotopic (exact) mass is 284 g/mol. The van der Waals surface area contributed by atoms with Crippen molar-refractivity contribution in [2.75, 3.05) is 19.4 Å². The lowest BCUT2D eigenvalue weighted by atomic mass is 10.3. The molecule has 0 aliphatic carbocycles. The summed E-state index contributed by atoms with van der Waals surface area (Å²) >= 11 is 0. The Labute approximate surface area is 117 Å².